The minimum Gasteiger partial charge on any atom is -0.493 e. The summed E-state index contributed by atoms with van der Waals surface area (Å²) in [7, 11) is 1.57. The molecule has 1 heterocycles. The molecule has 1 saturated heterocycles. The number of hydrogen-bond donors (Lipinski definition) is 1. The smallest absolute Gasteiger partial charge is 0.254 e. The lowest BCUT2D eigenvalue weighted by Gasteiger charge is -2.38. The third-order valence-electron chi connectivity index (χ3n) is 4.06. The van der Waals surface area contributed by atoms with Crippen LogP contribution in [0.1, 0.15) is 24.2 Å². The van der Waals surface area contributed by atoms with Crippen LogP contribution in [0, 0.1) is 0 Å². The normalized spacial score (nSPS) is 20.4. The fourth-order valence-electron chi connectivity index (χ4n) is 2.58. The lowest BCUT2D eigenvalue weighted by molar-refractivity contribution is 0.0602. The minimum atomic E-state index is 0. The molecule has 0 aliphatic carbocycles. The fourth-order valence-corrected chi connectivity index (χ4v) is 2.58. The van der Waals surface area contributed by atoms with Gasteiger partial charge < -0.3 is 19.7 Å². The molecule has 5 nitrogen and oxygen atoms in total. The lowest BCUT2D eigenvalue weighted by Crippen LogP contribution is -2.57. The van der Waals surface area contributed by atoms with E-state index in [0.29, 0.717) is 30.2 Å². The molecule has 1 fully saturated rings. The number of nitrogens with zero attached hydrogens (tertiary/aromatic N) is 1. The number of hydrogen-bond acceptors (Lipinski definition) is 4. The molecule has 0 aromatic heterocycles. The molecule has 0 spiro atoms. The van der Waals surface area contributed by atoms with Crippen molar-refractivity contribution in [2.75, 3.05) is 26.8 Å². The second-order valence-electron chi connectivity index (χ2n) is 5.45. The van der Waals surface area contributed by atoms with Crippen LogP contribution in [-0.4, -0.2) is 49.7 Å². The van der Waals surface area contributed by atoms with Crippen LogP contribution in [0.3, 0.4) is 0 Å². The first-order valence-electron chi connectivity index (χ1n) is 7.54. The van der Waals surface area contributed by atoms with Crippen LogP contribution in [0.4, 0.5) is 0 Å². The van der Waals surface area contributed by atoms with E-state index in [1.165, 1.54) is 0 Å². The highest BCUT2D eigenvalue weighted by Gasteiger charge is 2.29. The molecule has 23 heavy (non-hydrogen) atoms. The molecule has 0 saturated carbocycles. The molecule has 1 amide bonds. The van der Waals surface area contributed by atoms with Gasteiger partial charge in [0.2, 0.25) is 0 Å². The highest BCUT2D eigenvalue weighted by molar-refractivity contribution is 5.95. The van der Waals surface area contributed by atoms with Crippen LogP contribution in [-0.2, 0) is 0 Å². The van der Waals surface area contributed by atoms with Crippen molar-refractivity contribution in [1.29, 1.82) is 0 Å². The Labute approximate surface area is 144 Å². The maximum atomic E-state index is 12.7. The molecular formula is C17H25ClN2O3. The molecule has 0 bridgehead atoms. The zero-order valence-electron chi connectivity index (χ0n) is 13.9. The Morgan fingerprint density at radius 2 is 2.17 bits per heavy atom. The Kier molecular flexibility index (Phi) is 7.39. The number of nitrogens with one attached hydrogen (secondary N) is 1. The Hall–Kier alpha value is -1.72. The van der Waals surface area contributed by atoms with Crippen molar-refractivity contribution in [3.63, 3.8) is 0 Å². The van der Waals surface area contributed by atoms with E-state index in [4.69, 9.17) is 9.47 Å². The zero-order chi connectivity index (χ0) is 16.1. The number of ether oxygens (including phenoxy) is 2. The molecular weight excluding hydrogens is 316 g/mol. The van der Waals surface area contributed by atoms with Gasteiger partial charge in [-0.05, 0) is 32.0 Å². The summed E-state index contributed by atoms with van der Waals surface area (Å²) in [6.45, 7) is 9.70. The summed E-state index contributed by atoms with van der Waals surface area (Å²) < 4.78 is 10.8. The number of methoxy groups -OCH3 is 1. The molecule has 1 aromatic rings. The summed E-state index contributed by atoms with van der Waals surface area (Å²) in [5, 5.41) is 3.37. The van der Waals surface area contributed by atoms with Crippen molar-refractivity contribution in [3.8, 4) is 11.5 Å². The van der Waals surface area contributed by atoms with Crippen molar-refractivity contribution in [3.05, 3.63) is 36.4 Å². The van der Waals surface area contributed by atoms with Crippen molar-refractivity contribution < 1.29 is 14.3 Å². The van der Waals surface area contributed by atoms with Crippen LogP contribution >= 0.6 is 12.4 Å². The minimum absolute atomic E-state index is 0. The Balaban J connectivity index is 0.00000264. The molecule has 2 atom stereocenters. The first-order valence-corrected chi connectivity index (χ1v) is 7.54. The standard InChI is InChI=1S/C17H24N2O3.ClH/c1-5-10-22-15-7-6-14(11-16(15)21-4)17(20)19-9-8-18-12(2)13(19)3;/h5-7,11-13,18H,1,8-10H2,2-4H3;1H. The number of rotatable bonds is 5. The second kappa shape index (κ2) is 8.79. The molecule has 1 N–H and O–H groups in total. The number of benzene rings is 1. The van der Waals surface area contributed by atoms with E-state index in [-0.39, 0.29) is 30.4 Å². The van der Waals surface area contributed by atoms with Gasteiger partial charge in [-0.15, -0.1) is 12.4 Å². The van der Waals surface area contributed by atoms with E-state index in [0.717, 1.165) is 6.54 Å². The molecule has 2 unspecified atom stereocenters. The lowest BCUT2D eigenvalue weighted by atomic mass is 10.1. The largest absolute Gasteiger partial charge is 0.493 e. The van der Waals surface area contributed by atoms with Crippen molar-refractivity contribution >= 4 is 18.3 Å². The van der Waals surface area contributed by atoms with E-state index in [1.54, 1.807) is 31.4 Å². The van der Waals surface area contributed by atoms with Gasteiger partial charge in [0.25, 0.3) is 5.91 Å². The van der Waals surface area contributed by atoms with Gasteiger partial charge in [-0.3, -0.25) is 4.79 Å². The van der Waals surface area contributed by atoms with Crippen molar-refractivity contribution in [2.45, 2.75) is 25.9 Å². The van der Waals surface area contributed by atoms with E-state index < -0.39 is 0 Å². The number of carbonyl (C=O) groups excluding carboxylic acids is 1. The molecule has 128 valence electrons. The predicted octanol–water partition coefficient (Wildman–Crippen LogP) is 2.50. The molecule has 1 aromatic carbocycles. The summed E-state index contributed by atoms with van der Waals surface area (Å²) in [4.78, 5) is 14.6. The Morgan fingerprint density at radius 1 is 1.43 bits per heavy atom. The van der Waals surface area contributed by atoms with Crippen molar-refractivity contribution in [1.82, 2.24) is 10.2 Å². The number of carbonyl (C=O) groups is 1. The monoisotopic (exact) mass is 340 g/mol. The molecule has 1 aliphatic rings. The predicted molar refractivity (Wildman–Crippen MR) is 93.9 cm³/mol. The maximum absolute atomic E-state index is 12.7. The van der Waals surface area contributed by atoms with Crippen LogP contribution < -0.4 is 14.8 Å². The third kappa shape index (κ3) is 4.39. The van der Waals surface area contributed by atoms with Crippen LogP contribution in [0.2, 0.25) is 0 Å². The van der Waals surface area contributed by atoms with Gasteiger partial charge in [-0.2, -0.15) is 0 Å². The van der Waals surface area contributed by atoms with Crippen molar-refractivity contribution in [2.24, 2.45) is 0 Å². The topological polar surface area (TPSA) is 50.8 Å². The Morgan fingerprint density at radius 3 is 2.83 bits per heavy atom. The number of piperazine rings is 1. The van der Waals surface area contributed by atoms with E-state index >= 15 is 0 Å². The molecule has 1 aliphatic heterocycles. The summed E-state index contributed by atoms with van der Waals surface area (Å²) >= 11 is 0. The maximum Gasteiger partial charge on any atom is 0.254 e. The Bertz CT molecular complexity index is 551. The average Bonchev–Trinajstić information content (AvgIpc) is 2.54. The van der Waals surface area contributed by atoms with E-state index in [2.05, 4.69) is 25.7 Å². The van der Waals surface area contributed by atoms with Gasteiger partial charge in [0, 0.05) is 30.7 Å². The van der Waals surface area contributed by atoms with E-state index in [1.807, 2.05) is 4.90 Å². The highest BCUT2D eigenvalue weighted by atomic mass is 35.5. The quantitative estimate of drug-likeness (QED) is 0.837. The van der Waals surface area contributed by atoms with E-state index in [9.17, 15) is 4.79 Å². The first-order chi connectivity index (χ1) is 10.6. The first kappa shape index (κ1) is 19.3. The van der Waals surface area contributed by atoms with Gasteiger partial charge in [0.1, 0.15) is 6.61 Å². The van der Waals surface area contributed by atoms with Crippen LogP contribution in [0.5, 0.6) is 11.5 Å². The van der Waals surface area contributed by atoms with Gasteiger partial charge in [0.15, 0.2) is 11.5 Å². The third-order valence-corrected chi connectivity index (χ3v) is 4.06. The fraction of sp³-hybridized carbons (Fsp3) is 0.471. The summed E-state index contributed by atoms with van der Waals surface area (Å²) in [5.41, 5.74) is 0.615. The van der Waals surface area contributed by atoms with Gasteiger partial charge >= 0.3 is 0 Å². The number of amides is 1. The summed E-state index contributed by atoms with van der Waals surface area (Å²) in [5.74, 6) is 1.19. The summed E-state index contributed by atoms with van der Waals surface area (Å²) in [6.07, 6.45) is 1.67. The van der Waals surface area contributed by atoms with Crippen LogP contribution in [0.25, 0.3) is 0 Å². The molecule has 2 rings (SSSR count). The van der Waals surface area contributed by atoms with Gasteiger partial charge in [-0.25, -0.2) is 0 Å². The average molecular weight is 341 g/mol. The summed E-state index contributed by atoms with van der Waals surface area (Å²) in [6, 6.07) is 5.73. The zero-order valence-corrected chi connectivity index (χ0v) is 14.7. The molecule has 6 heteroatoms. The SMILES string of the molecule is C=CCOc1ccc(C(=O)N2CCNC(C)C2C)cc1OC.Cl. The van der Waals surface area contributed by atoms with Crippen LogP contribution in [0.15, 0.2) is 30.9 Å². The number of halogens is 1. The molecule has 0 radical (unpaired) electrons. The van der Waals surface area contributed by atoms with Gasteiger partial charge in [-0.1, -0.05) is 12.7 Å². The van der Waals surface area contributed by atoms with Gasteiger partial charge in [0.05, 0.1) is 7.11 Å². The second-order valence-corrected chi connectivity index (χ2v) is 5.45. The highest BCUT2D eigenvalue weighted by Crippen LogP contribution is 2.29.